The van der Waals surface area contributed by atoms with E-state index in [1.807, 2.05) is 0 Å². The van der Waals surface area contributed by atoms with Crippen LogP contribution in [0, 0.1) is 11.6 Å². The van der Waals surface area contributed by atoms with E-state index in [-0.39, 0.29) is 18.6 Å². The van der Waals surface area contributed by atoms with E-state index in [1.165, 1.54) is 22.7 Å². The molecule has 0 aliphatic carbocycles. The molecule has 0 saturated carbocycles. The first-order chi connectivity index (χ1) is 12.6. The number of amides is 2. The molecule has 0 spiro atoms. The largest absolute Gasteiger partial charge is 0.444 e. The van der Waals surface area contributed by atoms with Gasteiger partial charge in [-0.15, -0.1) is 11.8 Å². The molecule has 1 heterocycles. The van der Waals surface area contributed by atoms with Gasteiger partial charge in [0.25, 0.3) is 5.91 Å². The number of benzene rings is 1. The van der Waals surface area contributed by atoms with Crippen LogP contribution >= 0.6 is 11.8 Å². The molecule has 2 N–H and O–H groups in total. The molecule has 1 fully saturated rings. The first-order valence-electron chi connectivity index (χ1n) is 8.60. The third kappa shape index (κ3) is 5.55. The maximum Gasteiger partial charge on any atom is 0.411 e. The van der Waals surface area contributed by atoms with Crippen LogP contribution in [-0.2, 0) is 9.53 Å². The van der Waals surface area contributed by atoms with Gasteiger partial charge in [0.15, 0.2) is 5.37 Å². The number of carbonyl (C=O) groups is 2. The van der Waals surface area contributed by atoms with Gasteiger partial charge in [0, 0.05) is 24.5 Å². The van der Waals surface area contributed by atoms with Gasteiger partial charge in [-0.1, -0.05) is 6.07 Å². The number of nitrogens with one attached hydrogen (secondary N) is 1. The lowest BCUT2D eigenvalue weighted by Crippen LogP contribution is -2.47. The van der Waals surface area contributed by atoms with Crippen molar-refractivity contribution in [2.45, 2.75) is 44.2 Å². The van der Waals surface area contributed by atoms with Crippen molar-refractivity contribution in [3.63, 3.8) is 0 Å². The number of rotatable bonds is 5. The molecule has 1 aliphatic heterocycles. The molecule has 0 aromatic heterocycles. The van der Waals surface area contributed by atoms with Crippen LogP contribution in [0.25, 0.3) is 0 Å². The molecule has 27 heavy (non-hydrogen) atoms. The average molecular weight is 402 g/mol. The second-order valence-corrected chi connectivity index (χ2v) is 8.29. The van der Waals surface area contributed by atoms with Crippen molar-refractivity contribution >= 4 is 23.8 Å². The van der Waals surface area contributed by atoms with E-state index < -0.39 is 40.7 Å². The van der Waals surface area contributed by atoms with E-state index in [2.05, 4.69) is 5.32 Å². The third-order valence-corrected chi connectivity index (χ3v) is 5.03. The Kier molecular flexibility index (Phi) is 7.05. The van der Waals surface area contributed by atoms with Gasteiger partial charge in [0.2, 0.25) is 0 Å². The summed E-state index contributed by atoms with van der Waals surface area (Å²) < 4.78 is 33.5. The van der Waals surface area contributed by atoms with Gasteiger partial charge in [-0.2, -0.15) is 0 Å². The molecule has 0 bridgehead atoms. The number of hydrogen-bond acceptors (Lipinski definition) is 5. The molecule has 2 rings (SSSR count). The smallest absolute Gasteiger partial charge is 0.411 e. The minimum atomic E-state index is -1.05. The molecular formula is C18H24F2N2O4S. The fourth-order valence-electron chi connectivity index (χ4n) is 2.70. The maximum atomic E-state index is 14.1. The van der Waals surface area contributed by atoms with Gasteiger partial charge in [-0.05, 0) is 39.3 Å². The number of nitrogens with zero attached hydrogens (tertiary/aromatic N) is 1. The summed E-state index contributed by atoms with van der Waals surface area (Å²) in [6.45, 7) is 5.13. The van der Waals surface area contributed by atoms with Crippen LogP contribution in [0.4, 0.5) is 13.6 Å². The minimum absolute atomic E-state index is 0.0621. The molecule has 2 amide bonds. The lowest BCUT2D eigenvalue weighted by Gasteiger charge is -2.28. The minimum Gasteiger partial charge on any atom is -0.444 e. The maximum absolute atomic E-state index is 14.1. The van der Waals surface area contributed by atoms with Crippen molar-refractivity contribution in [1.29, 1.82) is 0 Å². The standard InChI is InChI=1S/C18H24F2N2O4S/c1-18(2,3)26-17(25)22-8-10-27-16(22)15(24)21-13(7-9-23)14-11(19)5-4-6-12(14)20/h4-6,13,16,23H,7-10H2,1-3H3,(H,21,24)/t13-,16-/m0/s1. The zero-order valence-corrected chi connectivity index (χ0v) is 16.3. The summed E-state index contributed by atoms with van der Waals surface area (Å²) in [5.74, 6) is -1.64. The fourth-order valence-corrected chi connectivity index (χ4v) is 3.82. The van der Waals surface area contributed by atoms with Crippen molar-refractivity contribution in [3.05, 3.63) is 35.4 Å². The van der Waals surface area contributed by atoms with Gasteiger partial charge in [0.05, 0.1) is 6.04 Å². The monoisotopic (exact) mass is 402 g/mol. The van der Waals surface area contributed by atoms with Crippen LogP contribution in [0.2, 0.25) is 0 Å². The third-order valence-electron chi connectivity index (χ3n) is 3.83. The highest BCUT2D eigenvalue weighted by Crippen LogP contribution is 2.28. The number of aliphatic hydroxyl groups is 1. The van der Waals surface area contributed by atoms with E-state index in [0.717, 1.165) is 12.1 Å². The molecule has 2 atom stereocenters. The van der Waals surface area contributed by atoms with Crippen LogP contribution in [0.5, 0.6) is 0 Å². The van der Waals surface area contributed by atoms with E-state index in [1.54, 1.807) is 20.8 Å². The van der Waals surface area contributed by atoms with Gasteiger partial charge < -0.3 is 15.2 Å². The normalized spacial score (nSPS) is 18.3. The van der Waals surface area contributed by atoms with Gasteiger partial charge in [-0.3, -0.25) is 9.69 Å². The Morgan fingerprint density at radius 2 is 2.00 bits per heavy atom. The van der Waals surface area contributed by atoms with Gasteiger partial charge in [0.1, 0.15) is 17.2 Å². The highest BCUT2D eigenvalue weighted by molar-refractivity contribution is 8.00. The summed E-state index contributed by atoms with van der Waals surface area (Å²) in [5.41, 5.74) is -1.02. The molecular weight excluding hydrogens is 378 g/mol. The molecule has 0 radical (unpaired) electrons. The van der Waals surface area contributed by atoms with Crippen LogP contribution in [0.3, 0.4) is 0 Å². The first kappa shape index (κ1) is 21.4. The van der Waals surface area contributed by atoms with Crippen LogP contribution < -0.4 is 5.32 Å². The van der Waals surface area contributed by atoms with E-state index in [9.17, 15) is 23.5 Å². The Bertz CT molecular complexity index is 676. The zero-order chi connectivity index (χ0) is 20.2. The fraction of sp³-hybridized carbons (Fsp3) is 0.556. The highest BCUT2D eigenvalue weighted by atomic mass is 32.2. The number of halogens is 2. The summed E-state index contributed by atoms with van der Waals surface area (Å²) in [5, 5.41) is 10.9. The molecule has 1 aromatic carbocycles. The quantitative estimate of drug-likeness (QED) is 0.792. The Morgan fingerprint density at radius 3 is 2.56 bits per heavy atom. The van der Waals surface area contributed by atoms with Gasteiger partial charge >= 0.3 is 6.09 Å². The van der Waals surface area contributed by atoms with Crippen molar-refractivity contribution in [2.24, 2.45) is 0 Å². The predicted octanol–water partition coefficient (Wildman–Crippen LogP) is 2.81. The molecule has 0 unspecified atom stereocenters. The molecule has 1 aromatic rings. The topological polar surface area (TPSA) is 78.9 Å². The summed E-state index contributed by atoms with van der Waals surface area (Å²) >= 11 is 1.24. The van der Waals surface area contributed by atoms with Crippen molar-refractivity contribution < 1.29 is 28.2 Å². The Hall–Kier alpha value is -1.87. The lowest BCUT2D eigenvalue weighted by molar-refractivity contribution is -0.124. The van der Waals surface area contributed by atoms with Crippen LogP contribution in [0.1, 0.15) is 38.8 Å². The second-order valence-electron chi connectivity index (χ2n) is 7.11. The molecule has 1 aliphatic rings. The second kappa shape index (κ2) is 8.88. The molecule has 6 nitrogen and oxygen atoms in total. The Balaban J connectivity index is 2.16. The Morgan fingerprint density at radius 1 is 1.37 bits per heavy atom. The first-order valence-corrected chi connectivity index (χ1v) is 9.65. The van der Waals surface area contributed by atoms with Crippen molar-refractivity contribution in [1.82, 2.24) is 10.2 Å². The van der Waals surface area contributed by atoms with Crippen molar-refractivity contribution in [2.75, 3.05) is 18.9 Å². The number of carbonyl (C=O) groups excluding carboxylic acids is 2. The number of ether oxygens (including phenoxy) is 1. The molecule has 150 valence electrons. The molecule has 1 saturated heterocycles. The van der Waals surface area contributed by atoms with Crippen LogP contribution in [-0.4, -0.2) is 51.9 Å². The van der Waals surface area contributed by atoms with E-state index in [0.29, 0.717) is 12.3 Å². The number of hydrogen-bond donors (Lipinski definition) is 2. The summed E-state index contributed by atoms with van der Waals surface area (Å²) in [4.78, 5) is 26.3. The van der Waals surface area contributed by atoms with Crippen LogP contribution in [0.15, 0.2) is 18.2 Å². The summed E-state index contributed by atoms with van der Waals surface area (Å²) in [6, 6.07) is 2.35. The summed E-state index contributed by atoms with van der Waals surface area (Å²) in [6.07, 6.45) is -0.684. The predicted molar refractivity (Wildman–Crippen MR) is 98.1 cm³/mol. The van der Waals surface area contributed by atoms with E-state index >= 15 is 0 Å². The lowest BCUT2D eigenvalue weighted by atomic mass is 10.0. The zero-order valence-electron chi connectivity index (χ0n) is 15.5. The summed E-state index contributed by atoms with van der Waals surface area (Å²) in [7, 11) is 0. The number of aliphatic hydroxyl groups excluding tert-OH is 1. The number of thioether (sulfide) groups is 1. The van der Waals surface area contributed by atoms with E-state index in [4.69, 9.17) is 4.74 Å². The highest BCUT2D eigenvalue weighted by Gasteiger charge is 2.38. The van der Waals surface area contributed by atoms with Gasteiger partial charge in [-0.25, -0.2) is 13.6 Å². The Labute approximate surface area is 161 Å². The molecule has 9 heteroatoms. The SMILES string of the molecule is CC(C)(C)OC(=O)N1CCS[C@H]1C(=O)N[C@@H](CCO)c1c(F)cccc1F. The average Bonchev–Trinajstić information content (AvgIpc) is 3.03. The van der Waals surface area contributed by atoms with Crippen molar-refractivity contribution in [3.8, 4) is 0 Å².